The molecule has 0 spiro atoms. The first-order valence-electron chi connectivity index (χ1n) is 10.0. The van der Waals surface area contributed by atoms with Crippen LogP contribution in [-0.2, 0) is 9.53 Å². The normalized spacial score (nSPS) is 22.9. The molecule has 1 aliphatic heterocycles. The number of alkyl carbamates (subject to hydrolysis) is 1. The smallest absolute Gasteiger partial charge is 0.408 e. The number of carbonyl (C=O) groups excluding carboxylic acids is 2. The summed E-state index contributed by atoms with van der Waals surface area (Å²) in [6, 6.07) is 10.2. The maximum absolute atomic E-state index is 12.6. The minimum absolute atomic E-state index is 0.0832. The van der Waals surface area contributed by atoms with Crippen molar-refractivity contribution in [1.82, 2.24) is 10.2 Å². The summed E-state index contributed by atoms with van der Waals surface area (Å²) in [4.78, 5) is 26.9. The van der Waals surface area contributed by atoms with E-state index >= 15 is 0 Å². The molecule has 1 aromatic rings. The summed E-state index contributed by atoms with van der Waals surface area (Å²) in [6.07, 6.45) is 4.10. The molecule has 3 rings (SSSR count). The van der Waals surface area contributed by atoms with E-state index < -0.39 is 5.60 Å². The molecule has 27 heavy (non-hydrogen) atoms. The van der Waals surface area contributed by atoms with Crippen molar-refractivity contribution in [3.63, 3.8) is 0 Å². The van der Waals surface area contributed by atoms with Gasteiger partial charge in [0.1, 0.15) is 5.60 Å². The molecule has 1 N–H and O–H groups in total. The molecule has 1 aromatic carbocycles. The average molecular weight is 373 g/mol. The molecule has 1 heterocycles. The van der Waals surface area contributed by atoms with Gasteiger partial charge in [0.05, 0.1) is 6.04 Å². The third-order valence-corrected chi connectivity index (χ3v) is 5.74. The standard InChI is InChI=1S/C22H32N2O3/c1-16(18-9-6-5-7-10-18)24-15-17(13-19(24)25)14-22(11-8-12-22)23-20(26)27-21(2,3)4/h5-7,9-10,16-17H,8,11-15H2,1-4H3,(H,23,26)/t16-,17+/m1/s1. The van der Waals surface area contributed by atoms with Gasteiger partial charge in [0.2, 0.25) is 5.91 Å². The number of hydrogen-bond acceptors (Lipinski definition) is 3. The second-order valence-corrected chi connectivity index (χ2v) is 9.17. The second kappa shape index (κ2) is 7.53. The summed E-state index contributed by atoms with van der Waals surface area (Å²) < 4.78 is 5.44. The molecule has 5 heteroatoms. The number of hydrogen-bond donors (Lipinski definition) is 1. The lowest BCUT2D eigenvalue weighted by Gasteiger charge is -2.44. The van der Waals surface area contributed by atoms with Crippen LogP contribution in [0.5, 0.6) is 0 Å². The van der Waals surface area contributed by atoms with E-state index in [-0.39, 0.29) is 29.5 Å². The van der Waals surface area contributed by atoms with E-state index in [0.717, 1.165) is 37.8 Å². The minimum atomic E-state index is -0.500. The number of likely N-dealkylation sites (tertiary alicyclic amines) is 1. The van der Waals surface area contributed by atoms with Gasteiger partial charge >= 0.3 is 6.09 Å². The lowest BCUT2D eigenvalue weighted by molar-refractivity contribution is -0.129. The molecule has 2 aliphatic rings. The van der Waals surface area contributed by atoms with Gasteiger partial charge in [0.15, 0.2) is 0 Å². The Morgan fingerprint density at radius 1 is 1.30 bits per heavy atom. The molecule has 5 nitrogen and oxygen atoms in total. The fourth-order valence-electron chi connectivity index (χ4n) is 4.29. The Kier molecular flexibility index (Phi) is 5.50. The largest absolute Gasteiger partial charge is 0.444 e. The van der Waals surface area contributed by atoms with Crippen LogP contribution in [0.3, 0.4) is 0 Å². The Morgan fingerprint density at radius 3 is 2.52 bits per heavy atom. The van der Waals surface area contributed by atoms with E-state index in [0.29, 0.717) is 6.42 Å². The summed E-state index contributed by atoms with van der Waals surface area (Å²) >= 11 is 0. The molecule has 148 valence electrons. The van der Waals surface area contributed by atoms with Gasteiger partial charge in [-0.05, 0) is 64.9 Å². The number of ether oxygens (including phenoxy) is 1. The highest BCUT2D eigenvalue weighted by molar-refractivity contribution is 5.79. The molecule has 0 aromatic heterocycles. The van der Waals surface area contributed by atoms with Gasteiger partial charge in [0.25, 0.3) is 0 Å². The second-order valence-electron chi connectivity index (χ2n) is 9.17. The summed E-state index contributed by atoms with van der Waals surface area (Å²) in [5.41, 5.74) is 0.455. The highest BCUT2D eigenvalue weighted by Crippen LogP contribution is 2.41. The molecule has 2 atom stereocenters. The maximum atomic E-state index is 12.6. The van der Waals surface area contributed by atoms with Crippen LogP contribution in [0.25, 0.3) is 0 Å². The predicted octanol–water partition coefficient (Wildman–Crippen LogP) is 4.43. The first-order chi connectivity index (χ1) is 12.7. The fraction of sp³-hybridized carbons (Fsp3) is 0.636. The quantitative estimate of drug-likeness (QED) is 0.831. The molecule has 1 aliphatic carbocycles. The highest BCUT2D eigenvalue weighted by atomic mass is 16.6. The zero-order valence-electron chi connectivity index (χ0n) is 17.0. The van der Waals surface area contributed by atoms with Gasteiger partial charge in [-0.2, -0.15) is 0 Å². The van der Waals surface area contributed by atoms with Crippen LogP contribution < -0.4 is 5.32 Å². The summed E-state index contributed by atoms with van der Waals surface area (Å²) in [5.74, 6) is 0.488. The molecule has 1 saturated carbocycles. The van der Waals surface area contributed by atoms with Crippen LogP contribution in [0, 0.1) is 5.92 Å². The first-order valence-corrected chi connectivity index (χ1v) is 10.0. The highest BCUT2D eigenvalue weighted by Gasteiger charge is 2.44. The zero-order chi connectivity index (χ0) is 19.7. The number of amides is 2. The lowest BCUT2D eigenvalue weighted by Crippen LogP contribution is -2.55. The van der Waals surface area contributed by atoms with Gasteiger partial charge in [-0.25, -0.2) is 4.79 Å². The number of benzene rings is 1. The van der Waals surface area contributed by atoms with Crippen LogP contribution in [0.2, 0.25) is 0 Å². The van der Waals surface area contributed by atoms with Crippen molar-refractivity contribution < 1.29 is 14.3 Å². The van der Waals surface area contributed by atoms with E-state index in [1.807, 2.05) is 43.9 Å². The Labute approximate surface area is 162 Å². The van der Waals surface area contributed by atoms with Crippen LogP contribution in [0.15, 0.2) is 30.3 Å². The topological polar surface area (TPSA) is 58.6 Å². The van der Waals surface area contributed by atoms with Gasteiger partial charge in [-0.15, -0.1) is 0 Å². The van der Waals surface area contributed by atoms with Crippen molar-refractivity contribution in [2.45, 2.75) is 77.0 Å². The molecular formula is C22H32N2O3. The van der Waals surface area contributed by atoms with Gasteiger partial charge in [0, 0.05) is 18.5 Å². The SMILES string of the molecule is C[C@H](c1ccccc1)N1C[C@H](CC2(NC(=O)OC(C)(C)C)CCC2)CC1=O. The van der Waals surface area contributed by atoms with Crippen LogP contribution in [0.4, 0.5) is 4.79 Å². The molecule has 2 amide bonds. The minimum Gasteiger partial charge on any atom is -0.444 e. The summed E-state index contributed by atoms with van der Waals surface area (Å²) in [5, 5.41) is 3.11. The predicted molar refractivity (Wildman–Crippen MR) is 105 cm³/mol. The van der Waals surface area contributed by atoms with Gasteiger partial charge in [-0.1, -0.05) is 30.3 Å². The summed E-state index contributed by atoms with van der Waals surface area (Å²) in [7, 11) is 0. The third kappa shape index (κ3) is 4.82. The fourth-order valence-corrected chi connectivity index (χ4v) is 4.29. The van der Waals surface area contributed by atoms with Crippen molar-refractivity contribution in [3.8, 4) is 0 Å². The van der Waals surface area contributed by atoms with Crippen molar-refractivity contribution in [1.29, 1.82) is 0 Å². The van der Waals surface area contributed by atoms with E-state index in [1.54, 1.807) is 0 Å². The van der Waals surface area contributed by atoms with E-state index in [4.69, 9.17) is 4.74 Å². The van der Waals surface area contributed by atoms with Crippen molar-refractivity contribution in [3.05, 3.63) is 35.9 Å². The monoisotopic (exact) mass is 372 g/mol. The van der Waals surface area contributed by atoms with E-state index in [2.05, 4.69) is 24.4 Å². The van der Waals surface area contributed by atoms with Crippen molar-refractivity contribution >= 4 is 12.0 Å². The Hall–Kier alpha value is -2.04. The molecule has 0 bridgehead atoms. The Balaban J connectivity index is 1.60. The van der Waals surface area contributed by atoms with Crippen LogP contribution in [-0.4, -0.2) is 34.6 Å². The summed E-state index contributed by atoms with van der Waals surface area (Å²) in [6.45, 7) is 8.47. The van der Waals surface area contributed by atoms with E-state index in [9.17, 15) is 9.59 Å². The molecular weight excluding hydrogens is 340 g/mol. The van der Waals surface area contributed by atoms with Crippen molar-refractivity contribution in [2.24, 2.45) is 5.92 Å². The van der Waals surface area contributed by atoms with E-state index in [1.165, 1.54) is 0 Å². The van der Waals surface area contributed by atoms with Gasteiger partial charge < -0.3 is 15.0 Å². The first kappa shape index (κ1) is 19.7. The third-order valence-electron chi connectivity index (χ3n) is 5.74. The average Bonchev–Trinajstić information content (AvgIpc) is 2.91. The zero-order valence-corrected chi connectivity index (χ0v) is 17.0. The van der Waals surface area contributed by atoms with Gasteiger partial charge in [-0.3, -0.25) is 4.79 Å². The number of nitrogens with one attached hydrogen (secondary N) is 1. The molecule has 0 unspecified atom stereocenters. The number of nitrogens with zero attached hydrogens (tertiary/aromatic N) is 1. The Bertz CT molecular complexity index is 677. The van der Waals surface area contributed by atoms with Crippen LogP contribution >= 0.6 is 0 Å². The van der Waals surface area contributed by atoms with Crippen molar-refractivity contribution in [2.75, 3.05) is 6.54 Å². The number of rotatable bonds is 5. The lowest BCUT2D eigenvalue weighted by atomic mass is 9.71. The maximum Gasteiger partial charge on any atom is 0.408 e. The number of carbonyl (C=O) groups is 2. The molecule has 1 saturated heterocycles. The Morgan fingerprint density at radius 2 is 1.96 bits per heavy atom. The molecule has 2 fully saturated rings. The van der Waals surface area contributed by atoms with Crippen LogP contribution in [0.1, 0.15) is 71.4 Å². The molecule has 0 radical (unpaired) electrons.